The largest absolute Gasteiger partial charge is 0.391 e. The average molecular weight is 191 g/mol. The maximum absolute atomic E-state index is 9.45. The van der Waals surface area contributed by atoms with Crippen LogP contribution in [0.1, 0.15) is 34.1 Å². The van der Waals surface area contributed by atoms with Gasteiger partial charge in [-0.1, -0.05) is 6.92 Å². The average Bonchev–Trinajstić information content (AvgIpc) is 2.03. The molecular formula is C9H21NO3. The zero-order chi connectivity index (χ0) is 10.6. The van der Waals surface area contributed by atoms with Crippen molar-refractivity contribution in [3.05, 3.63) is 0 Å². The van der Waals surface area contributed by atoms with Crippen molar-refractivity contribution in [1.82, 2.24) is 5.32 Å². The Morgan fingerprint density at radius 3 is 1.77 bits per heavy atom. The monoisotopic (exact) mass is 191 g/mol. The molecule has 80 valence electrons. The van der Waals surface area contributed by atoms with Gasteiger partial charge in [-0.25, -0.2) is 0 Å². The Morgan fingerprint density at radius 1 is 1.15 bits per heavy atom. The molecule has 4 nitrogen and oxygen atoms in total. The Morgan fingerprint density at radius 2 is 1.54 bits per heavy atom. The lowest BCUT2D eigenvalue weighted by atomic mass is 9.89. The minimum absolute atomic E-state index is 0.537. The zero-order valence-electron chi connectivity index (χ0n) is 8.78. The fourth-order valence-electron chi connectivity index (χ4n) is 1.05. The lowest BCUT2D eigenvalue weighted by molar-refractivity contribution is -0.0401. The quantitative estimate of drug-likeness (QED) is 0.455. The van der Waals surface area contributed by atoms with E-state index in [-0.39, 0.29) is 0 Å². The molecule has 0 bridgehead atoms. The van der Waals surface area contributed by atoms with Gasteiger partial charge in [0.25, 0.3) is 0 Å². The second-order valence-corrected chi connectivity index (χ2v) is 3.70. The Labute approximate surface area is 79.6 Å². The van der Waals surface area contributed by atoms with E-state index in [1.54, 1.807) is 20.8 Å². The first kappa shape index (κ1) is 12.8. The van der Waals surface area contributed by atoms with Crippen molar-refractivity contribution >= 4 is 0 Å². The molecule has 0 aliphatic carbocycles. The highest BCUT2D eigenvalue weighted by Crippen LogP contribution is 2.16. The fraction of sp³-hybridized carbons (Fsp3) is 1.00. The van der Waals surface area contributed by atoms with Gasteiger partial charge in [-0.3, -0.25) is 5.32 Å². The van der Waals surface area contributed by atoms with Crippen molar-refractivity contribution in [2.24, 2.45) is 0 Å². The van der Waals surface area contributed by atoms with Crippen LogP contribution in [0.4, 0.5) is 0 Å². The minimum atomic E-state index is -0.866. The van der Waals surface area contributed by atoms with Crippen molar-refractivity contribution in [2.45, 2.75) is 58.1 Å². The van der Waals surface area contributed by atoms with Crippen molar-refractivity contribution in [1.29, 1.82) is 0 Å². The van der Waals surface area contributed by atoms with E-state index in [9.17, 15) is 15.3 Å². The van der Waals surface area contributed by atoms with Gasteiger partial charge in [0.15, 0.2) is 0 Å². The van der Waals surface area contributed by atoms with Gasteiger partial charge < -0.3 is 15.3 Å². The van der Waals surface area contributed by atoms with Crippen LogP contribution in [0.25, 0.3) is 0 Å². The molecule has 3 unspecified atom stereocenters. The summed E-state index contributed by atoms with van der Waals surface area (Å²) in [4.78, 5) is 0. The van der Waals surface area contributed by atoms with Crippen LogP contribution in [0, 0.1) is 0 Å². The van der Waals surface area contributed by atoms with Gasteiger partial charge in [-0.05, 0) is 27.2 Å². The van der Waals surface area contributed by atoms with Crippen molar-refractivity contribution in [3.63, 3.8) is 0 Å². The molecule has 4 N–H and O–H groups in total. The molecule has 0 heterocycles. The van der Waals surface area contributed by atoms with E-state index in [1.807, 2.05) is 6.92 Å². The molecule has 0 rings (SSSR count). The first-order valence-corrected chi connectivity index (χ1v) is 4.66. The standard InChI is InChI=1S/C9H21NO3/c1-5-8(13)10-9(4,6(2)11)7(3)12/h6-8,10-13H,5H2,1-4H3. The normalized spacial score (nSPS) is 23.3. The molecule has 0 aromatic rings. The van der Waals surface area contributed by atoms with Gasteiger partial charge in [-0.2, -0.15) is 0 Å². The molecule has 3 atom stereocenters. The van der Waals surface area contributed by atoms with E-state index in [0.29, 0.717) is 6.42 Å². The maximum Gasteiger partial charge on any atom is 0.105 e. The molecule has 0 radical (unpaired) electrons. The Hall–Kier alpha value is -0.160. The molecule has 0 aromatic heterocycles. The maximum atomic E-state index is 9.45. The molecule has 0 aliphatic rings. The Bertz CT molecular complexity index is 140. The number of hydrogen-bond acceptors (Lipinski definition) is 4. The van der Waals surface area contributed by atoms with Crippen LogP contribution in [0.15, 0.2) is 0 Å². The number of rotatable bonds is 5. The van der Waals surface area contributed by atoms with E-state index in [2.05, 4.69) is 5.32 Å². The van der Waals surface area contributed by atoms with Gasteiger partial charge in [0.05, 0.1) is 17.7 Å². The first-order chi connectivity index (χ1) is 5.84. The first-order valence-electron chi connectivity index (χ1n) is 4.66. The lowest BCUT2D eigenvalue weighted by Gasteiger charge is -2.38. The third-order valence-electron chi connectivity index (χ3n) is 2.60. The van der Waals surface area contributed by atoms with Crippen molar-refractivity contribution in [2.75, 3.05) is 0 Å². The van der Waals surface area contributed by atoms with E-state index in [1.165, 1.54) is 0 Å². The summed E-state index contributed by atoms with van der Waals surface area (Å²) >= 11 is 0. The summed E-state index contributed by atoms with van der Waals surface area (Å²) in [6, 6.07) is 0. The third-order valence-corrected chi connectivity index (χ3v) is 2.60. The predicted molar refractivity (Wildman–Crippen MR) is 51.2 cm³/mol. The van der Waals surface area contributed by atoms with Crippen LogP contribution in [0.3, 0.4) is 0 Å². The van der Waals surface area contributed by atoms with Gasteiger partial charge in [-0.15, -0.1) is 0 Å². The van der Waals surface area contributed by atoms with Gasteiger partial charge >= 0.3 is 0 Å². The van der Waals surface area contributed by atoms with Crippen LogP contribution in [-0.2, 0) is 0 Å². The number of aliphatic hydroxyl groups excluding tert-OH is 3. The highest BCUT2D eigenvalue weighted by atomic mass is 16.3. The second-order valence-electron chi connectivity index (χ2n) is 3.70. The lowest BCUT2D eigenvalue weighted by Crippen LogP contribution is -2.61. The summed E-state index contributed by atoms with van der Waals surface area (Å²) in [6.07, 6.45) is -1.62. The van der Waals surface area contributed by atoms with Gasteiger partial charge in [0.2, 0.25) is 0 Å². The predicted octanol–water partition coefficient (Wildman–Crippen LogP) is -0.175. The third kappa shape index (κ3) is 3.23. The van der Waals surface area contributed by atoms with Crippen LogP contribution in [-0.4, -0.2) is 39.3 Å². The zero-order valence-corrected chi connectivity index (χ0v) is 8.78. The molecule has 0 saturated carbocycles. The summed E-state index contributed by atoms with van der Waals surface area (Å²) in [7, 11) is 0. The molecule has 0 aliphatic heterocycles. The highest BCUT2D eigenvalue weighted by molar-refractivity contribution is 4.93. The summed E-state index contributed by atoms with van der Waals surface area (Å²) in [5, 5.41) is 31.1. The minimum Gasteiger partial charge on any atom is -0.391 e. The SMILES string of the molecule is CCC(O)NC(C)(C(C)O)C(C)O. The summed E-state index contributed by atoms with van der Waals surface area (Å²) in [6.45, 7) is 6.67. The Kier molecular flexibility index (Phi) is 4.85. The highest BCUT2D eigenvalue weighted by Gasteiger charge is 2.36. The van der Waals surface area contributed by atoms with Crippen LogP contribution >= 0.6 is 0 Å². The smallest absolute Gasteiger partial charge is 0.105 e. The van der Waals surface area contributed by atoms with E-state index < -0.39 is 24.0 Å². The molecule has 0 aromatic carbocycles. The van der Waals surface area contributed by atoms with Gasteiger partial charge in [0, 0.05) is 0 Å². The summed E-state index contributed by atoms with van der Waals surface area (Å²) < 4.78 is 0. The molecule has 4 heteroatoms. The van der Waals surface area contributed by atoms with E-state index in [0.717, 1.165) is 0 Å². The molecule has 0 spiro atoms. The molecule has 0 amide bonds. The van der Waals surface area contributed by atoms with Gasteiger partial charge in [0.1, 0.15) is 6.23 Å². The summed E-state index contributed by atoms with van der Waals surface area (Å²) in [5.74, 6) is 0. The molecule has 13 heavy (non-hydrogen) atoms. The van der Waals surface area contributed by atoms with Crippen LogP contribution in [0.2, 0.25) is 0 Å². The van der Waals surface area contributed by atoms with E-state index >= 15 is 0 Å². The van der Waals surface area contributed by atoms with Crippen LogP contribution in [0.5, 0.6) is 0 Å². The second kappa shape index (κ2) is 4.91. The molecule has 0 fully saturated rings. The number of hydrogen-bond donors (Lipinski definition) is 4. The number of aliphatic hydroxyl groups is 3. The number of nitrogens with one attached hydrogen (secondary N) is 1. The molecule has 0 saturated heterocycles. The molecular weight excluding hydrogens is 170 g/mol. The van der Waals surface area contributed by atoms with Crippen molar-refractivity contribution < 1.29 is 15.3 Å². The van der Waals surface area contributed by atoms with E-state index in [4.69, 9.17) is 0 Å². The summed E-state index contributed by atoms with van der Waals surface area (Å²) in [5.41, 5.74) is -0.866. The fourth-order valence-corrected chi connectivity index (χ4v) is 1.05. The van der Waals surface area contributed by atoms with Crippen molar-refractivity contribution in [3.8, 4) is 0 Å². The van der Waals surface area contributed by atoms with Crippen LogP contribution < -0.4 is 5.32 Å². The topological polar surface area (TPSA) is 72.7 Å². The Balaban J connectivity index is 4.42.